The summed E-state index contributed by atoms with van der Waals surface area (Å²) in [6.07, 6.45) is 1.55. The molecule has 0 spiro atoms. The molecule has 0 radical (unpaired) electrons. The summed E-state index contributed by atoms with van der Waals surface area (Å²) >= 11 is 5.80. The molecule has 0 saturated carbocycles. The molecular weight excluding hydrogens is 392 g/mol. The number of ether oxygens (including phenoxy) is 1. The molecule has 1 atom stereocenters. The number of carbonyl (C=O) groups is 3. The van der Waals surface area contributed by atoms with Gasteiger partial charge in [0.2, 0.25) is 0 Å². The number of aryl methyl sites for hydroxylation is 2. The minimum absolute atomic E-state index is 0.370. The summed E-state index contributed by atoms with van der Waals surface area (Å²) in [6.45, 7) is 5.09. The van der Waals surface area contributed by atoms with Gasteiger partial charge in [-0.1, -0.05) is 43.6 Å². The van der Waals surface area contributed by atoms with Crippen molar-refractivity contribution >= 4 is 35.1 Å². The molecule has 0 aliphatic carbocycles. The van der Waals surface area contributed by atoms with Gasteiger partial charge in [-0.2, -0.15) is 0 Å². The average Bonchev–Trinajstić information content (AvgIpc) is 2.72. The van der Waals surface area contributed by atoms with E-state index in [0.29, 0.717) is 10.6 Å². The van der Waals surface area contributed by atoms with E-state index in [-0.39, 0.29) is 0 Å². The lowest BCUT2D eigenvalue weighted by Crippen LogP contribution is -2.40. The second-order valence-electron chi connectivity index (χ2n) is 6.52. The number of para-hydroxylation sites is 1. The number of carbonyl (C=O) groups excluding carboxylic acids is 3. The van der Waals surface area contributed by atoms with Crippen LogP contribution in [0.3, 0.4) is 0 Å². The fourth-order valence-electron chi connectivity index (χ4n) is 2.78. The molecule has 0 fully saturated rings. The first-order valence-electron chi connectivity index (χ1n) is 9.49. The first kappa shape index (κ1) is 22.4. The van der Waals surface area contributed by atoms with Crippen molar-refractivity contribution in [2.24, 2.45) is 0 Å². The maximum atomic E-state index is 12.3. The predicted octanol–water partition coefficient (Wildman–Crippen LogP) is 3.77. The Morgan fingerprint density at radius 3 is 2.14 bits per heavy atom. The number of halogens is 1. The highest BCUT2D eigenvalue weighted by atomic mass is 35.5. The minimum Gasteiger partial charge on any atom is -0.454 e. The van der Waals surface area contributed by atoms with E-state index < -0.39 is 30.4 Å². The number of nitrogens with one attached hydrogen (secondary N) is 2. The van der Waals surface area contributed by atoms with Crippen LogP contribution in [0.4, 0.5) is 5.69 Å². The van der Waals surface area contributed by atoms with E-state index in [0.717, 1.165) is 29.7 Å². The molecule has 0 bridgehead atoms. The third-order valence-electron chi connectivity index (χ3n) is 4.42. The number of anilines is 1. The second kappa shape index (κ2) is 10.6. The van der Waals surface area contributed by atoms with E-state index >= 15 is 0 Å². The number of hydrogen-bond acceptors (Lipinski definition) is 4. The highest BCUT2D eigenvalue weighted by molar-refractivity contribution is 6.30. The zero-order valence-electron chi connectivity index (χ0n) is 16.8. The molecular formula is C22H25ClN2O4. The minimum atomic E-state index is -0.903. The van der Waals surface area contributed by atoms with Crippen LogP contribution in [-0.4, -0.2) is 30.4 Å². The Bertz CT molecular complexity index is 859. The molecule has 0 aliphatic heterocycles. The fraction of sp³-hybridized carbons (Fsp3) is 0.318. The van der Waals surface area contributed by atoms with E-state index in [1.165, 1.54) is 6.92 Å². The second-order valence-corrected chi connectivity index (χ2v) is 6.95. The Labute approximate surface area is 175 Å². The van der Waals surface area contributed by atoms with E-state index in [4.69, 9.17) is 16.3 Å². The first-order valence-corrected chi connectivity index (χ1v) is 9.87. The highest BCUT2D eigenvalue weighted by Crippen LogP contribution is 2.22. The fourth-order valence-corrected chi connectivity index (χ4v) is 2.91. The monoisotopic (exact) mass is 416 g/mol. The van der Waals surface area contributed by atoms with Crippen LogP contribution in [0.5, 0.6) is 0 Å². The molecule has 0 heterocycles. The van der Waals surface area contributed by atoms with Crippen LogP contribution < -0.4 is 10.6 Å². The standard InChI is InChI=1S/C22H25ClN2O4/c1-4-15-7-6-8-16(5-2)20(15)25-19(26)13-29-22(28)14(3)24-21(27)17-9-11-18(23)12-10-17/h6-12,14H,4-5,13H2,1-3H3,(H,24,27)(H,25,26)/t14-/m0/s1. The Kier molecular flexibility index (Phi) is 8.21. The zero-order chi connectivity index (χ0) is 21.4. The van der Waals surface area contributed by atoms with Gasteiger partial charge >= 0.3 is 5.97 Å². The maximum Gasteiger partial charge on any atom is 0.328 e. The molecule has 29 heavy (non-hydrogen) atoms. The van der Waals surface area contributed by atoms with Crippen molar-refractivity contribution in [3.8, 4) is 0 Å². The van der Waals surface area contributed by atoms with Gasteiger partial charge < -0.3 is 15.4 Å². The van der Waals surface area contributed by atoms with Gasteiger partial charge in [0.1, 0.15) is 6.04 Å². The lowest BCUT2D eigenvalue weighted by Gasteiger charge is -2.16. The van der Waals surface area contributed by atoms with E-state index in [2.05, 4.69) is 10.6 Å². The summed E-state index contributed by atoms with van der Waals surface area (Å²) in [5.41, 5.74) is 3.18. The molecule has 154 valence electrons. The van der Waals surface area contributed by atoms with E-state index in [9.17, 15) is 14.4 Å². The summed E-state index contributed by atoms with van der Waals surface area (Å²) in [5, 5.41) is 5.88. The highest BCUT2D eigenvalue weighted by Gasteiger charge is 2.19. The van der Waals surface area contributed by atoms with Crippen LogP contribution in [0.25, 0.3) is 0 Å². The van der Waals surface area contributed by atoms with Crippen molar-refractivity contribution in [1.29, 1.82) is 0 Å². The summed E-state index contributed by atoms with van der Waals surface area (Å²) < 4.78 is 5.05. The Hall–Kier alpha value is -2.86. The summed E-state index contributed by atoms with van der Waals surface area (Å²) in [5.74, 6) is -1.55. The van der Waals surface area contributed by atoms with Crippen LogP contribution >= 0.6 is 11.6 Å². The van der Waals surface area contributed by atoms with Gasteiger partial charge in [-0.15, -0.1) is 0 Å². The van der Waals surface area contributed by atoms with Gasteiger partial charge in [0.05, 0.1) is 0 Å². The molecule has 0 unspecified atom stereocenters. The summed E-state index contributed by atoms with van der Waals surface area (Å²) in [6, 6.07) is 11.2. The molecule has 2 amide bonds. The van der Waals surface area contributed by atoms with Crippen molar-refractivity contribution in [2.45, 2.75) is 39.7 Å². The molecule has 2 aromatic rings. The lowest BCUT2D eigenvalue weighted by atomic mass is 10.0. The van der Waals surface area contributed by atoms with Crippen LogP contribution in [0.2, 0.25) is 5.02 Å². The normalized spacial score (nSPS) is 11.4. The van der Waals surface area contributed by atoms with Gasteiger partial charge in [0.25, 0.3) is 11.8 Å². The molecule has 0 aliphatic rings. The van der Waals surface area contributed by atoms with Gasteiger partial charge in [0.15, 0.2) is 6.61 Å². The molecule has 2 N–H and O–H groups in total. The van der Waals surface area contributed by atoms with Gasteiger partial charge in [0, 0.05) is 16.3 Å². The van der Waals surface area contributed by atoms with Crippen molar-refractivity contribution < 1.29 is 19.1 Å². The van der Waals surface area contributed by atoms with Crippen molar-refractivity contribution in [3.05, 3.63) is 64.2 Å². The van der Waals surface area contributed by atoms with Crippen LogP contribution in [0.1, 0.15) is 42.3 Å². The average molecular weight is 417 g/mol. The number of benzene rings is 2. The number of esters is 1. The zero-order valence-corrected chi connectivity index (χ0v) is 17.5. The molecule has 2 aromatic carbocycles. The summed E-state index contributed by atoms with van der Waals surface area (Å²) in [4.78, 5) is 36.5. The van der Waals surface area contributed by atoms with E-state index in [1.807, 2.05) is 32.0 Å². The predicted molar refractivity (Wildman–Crippen MR) is 113 cm³/mol. The third-order valence-corrected chi connectivity index (χ3v) is 4.67. The largest absolute Gasteiger partial charge is 0.454 e. The maximum absolute atomic E-state index is 12.3. The molecule has 0 aromatic heterocycles. The van der Waals surface area contributed by atoms with Gasteiger partial charge in [-0.25, -0.2) is 4.79 Å². The molecule has 2 rings (SSSR count). The van der Waals surface area contributed by atoms with Crippen molar-refractivity contribution in [2.75, 3.05) is 11.9 Å². The SMILES string of the molecule is CCc1cccc(CC)c1NC(=O)COC(=O)[C@H](C)NC(=O)c1ccc(Cl)cc1. The van der Waals surface area contributed by atoms with E-state index in [1.54, 1.807) is 24.3 Å². The Balaban J connectivity index is 1.89. The first-order chi connectivity index (χ1) is 13.8. The van der Waals surface area contributed by atoms with Crippen LogP contribution in [-0.2, 0) is 27.2 Å². The molecule has 6 nitrogen and oxygen atoms in total. The third kappa shape index (κ3) is 6.32. The smallest absolute Gasteiger partial charge is 0.328 e. The quantitative estimate of drug-likeness (QED) is 0.641. The van der Waals surface area contributed by atoms with Crippen molar-refractivity contribution in [3.63, 3.8) is 0 Å². The number of hydrogen-bond donors (Lipinski definition) is 2. The van der Waals surface area contributed by atoms with Gasteiger partial charge in [-0.05, 0) is 55.2 Å². The van der Waals surface area contributed by atoms with Crippen molar-refractivity contribution in [1.82, 2.24) is 5.32 Å². The Morgan fingerprint density at radius 1 is 1.00 bits per heavy atom. The van der Waals surface area contributed by atoms with Gasteiger partial charge in [-0.3, -0.25) is 9.59 Å². The number of amides is 2. The topological polar surface area (TPSA) is 84.5 Å². The molecule has 7 heteroatoms. The lowest BCUT2D eigenvalue weighted by molar-refractivity contribution is -0.148. The molecule has 0 saturated heterocycles. The van der Waals surface area contributed by atoms with Crippen LogP contribution in [0.15, 0.2) is 42.5 Å². The Morgan fingerprint density at radius 2 is 1.59 bits per heavy atom. The summed E-state index contributed by atoms with van der Waals surface area (Å²) in [7, 11) is 0. The number of rotatable bonds is 8. The van der Waals surface area contributed by atoms with Crippen LogP contribution in [0, 0.1) is 0 Å².